The minimum atomic E-state index is -4.34. The highest BCUT2D eigenvalue weighted by Gasteiger charge is 2.30. The SMILES string of the molecule is NC1CC(NC(=O)Cc2ccc(C(F)(F)F)cc2)C1. The van der Waals surface area contributed by atoms with Crippen LogP contribution in [-0.4, -0.2) is 18.0 Å². The Balaban J connectivity index is 1.87. The van der Waals surface area contributed by atoms with E-state index in [0.717, 1.165) is 25.0 Å². The van der Waals surface area contributed by atoms with Gasteiger partial charge in [0.05, 0.1) is 12.0 Å². The zero-order chi connectivity index (χ0) is 14.0. The van der Waals surface area contributed by atoms with Gasteiger partial charge in [0.1, 0.15) is 0 Å². The molecule has 1 saturated carbocycles. The fourth-order valence-electron chi connectivity index (χ4n) is 2.06. The van der Waals surface area contributed by atoms with Crippen LogP contribution in [0.4, 0.5) is 13.2 Å². The van der Waals surface area contributed by atoms with Crippen LogP contribution in [0.5, 0.6) is 0 Å². The molecule has 0 spiro atoms. The van der Waals surface area contributed by atoms with Crippen LogP contribution in [0.3, 0.4) is 0 Å². The molecule has 1 aliphatic carbocycles. The maximum absolute atomic E-state index is 12.4. The van der Waals surface area contributed by atoms with E-state index in [1.807, 2.05) is 0 Å². The van der Waals surface area contributed by atoms with E-state index in [4.69, 9.17) is 5.73 Å². The minimum Gasteiger partial charge on any atom is -0.353 e. The van der Waals surface area contributed by atoms with Crippen LogP contribution >= 0.6 is 0 Å². The van der Waals surface area contributed by atoms with Crippen molar-refractivity contribution < 1.29 is 18.0 Å². The second-order valence-corrected chi connectivity index (χ2v) is 4.87. The molecule has 1 amide bonds. The molecule has 0 atom stereocenters. The molecule has 1 aliphatic rings. The molecule has 0 aromatic heterocycles. The first kappa shape index (κ1) is 13.9. The molecule has 0 heterocycles. The lowest BCUT2D eigenvalue weighted by molar-refractivity contribution is -0.137. The lowest BCUT2D eigenvalue weighted by Crippen LogP contribution is -2.50. The van der Waals surface area contributed by atoms with Crippen LogP contribution in [0.15, 0.2) is 24.3 Å². The first-order valence-corrected chi connectivity index (χ1v) is 6.05. The van der Waals surface area contributed by atoms with Gasteiger partial charge in [-0.2, -0.15) is 13.2 Å². The van der Waals surface area contributed by atoms with Crippen LogP contribution in [0.2, 0.25) is 0 Å². The zero-order valence-electron chi connectivity index (χ0n) is 10.2. The molecule has 0 unspecified atom stereocenters. The molecule has 19 heavy (non-hydrogen) atoms. The van der Waals surface area contributed by atoms with E-state index >= 15 is 0 Å². The number of nitrogens with one attached hydrogen (secondary N) is 1. The number of rotatable bonds is 3. The first-order valence-electron chi connectivity index (χ1n) is 6.05. The fraction of sp³-hybridized carbons (Fsp3) is 0.462. The normalized spacial score (nSPS) is 22.7. The number of nitrogens with two attached hydrogens (primary N) is 1. The zero-order valence-corrected chi connectivity index (χ0v) is 10.2. The van der Waals surface area contributed by atoms with E-state index in [9.17, 15) is 18.0 Å². The number of carbonyl (C=O) groups is 1. The smallest absolute Gasteiger partial charge is 0.353 e. The van der Waals surface area contributed by atoms with Gasteiger partial charge in [-0.3, -0.25) is 4.79 Å². The summed E-state index contributed by atoms with van der Waals surface area (Å²) in [5.74, 6) is -0.184. The summed E-state index contributed by atoms with van der Waals surface area (Å²) >= 11 is 0. The number of carbonyl (C=O) groups excluding carboxylic acids is 1. The predicted molar refractivity (Wildman–Crippen MR) is 64.3 cm³/mol. The van der Waals surface area contributed by atoms with E-state index in [2.05, 4.69) is 5.32 Å². The Hall–Kier alpha value is -1.56. The van der Waals surface area contributed by atoms with Crippen molar-refractivity contribution in [3.63, 3.8) is 0 Å². The van der Waals surface area contributed by atoms with Crippen LogP contribution in [0.1, 0.15) is 24.0 Å². The molecule has 0 bridgehead atoms. The molecule has 2 rings (SSSR count). The maximum Gasteiger partial charge on any atom is 0.416 e. The van der Waals surface area contributed by atoms with Gasteiger partial charge in [0.2, 0.25) is 5.91 Å². The molecule has 1 fully saturated rings. The van der Waals surface area contributed by atoms with Gasteiger partial charge in [-0.1, -0.05) is 12.1 Å². The summed E-state index contributed by atoms with van der Waals surface area (Å²) in [6, 6.07) is 4.89. The summed E-state index contributed by atoms with van der Waals surface area (Å²) in [6.45, 7) is 0. The van der Waals surface area contributed by atoms with Crippen molar-refractivity contribution in [1.82, 2.24) is 5.32 Å². The second-order valence-electron chi connectivity index (χ2n) is 4.87. The van der Waals surface area contributed by atoms with Crippen molar-refractivity contribution in [3.05, 3.63) is 35.4 Å². The van der Waals surface area contributed by atoms with Gasteiger partial charge in [-0.15, -0.1) is 0 Å². The Morgan fingerprint density at radius 3 is 2.32 bits per heavy atom. The van der Waals surface area contributed by atoms with Crippen molar-refractivity contribution >= 4 is 5.91 Å². The first-order chi connectivity index (χ1) is 8.84. The third-order valence-corrected chi connectivity index (χ3v) is 3.19. The van der Waals surface area contributed by atoms with Gasteiger partial charge in [0, 0.05) is 12.1 Å². The molecular formula is C13H15F3N2O. The Bertz CT molecular complexity index is 450. The monoisotopic (exact) mass is 272 g/mol. The summed E-state index contributed by atoms with van der Waals surface area (Å²) < 4.78 is 37.1. The number of halogens is 3. The highest BCUT2D eigenvalue weighted by atomic mass is 19.4. The Kier molecular flexibility index (Phi) is 3.80. The molecule has 0 radical (unpaired) electrons. The average molecular weight is 272 g/mol. The number of amides is 1. The van der Waals surface area contributed by atoms with E-state index in [1.165, 1.54) is 12.1 Å². The third-order valence-electron chi connectivity index (χ3n) is 3.19. The quantitative estimate of drug-likeness (QED) is 0.882. The van der Waals surface area contributed by atoms with Crippen LogP contribution in [0.25, 0.3) is 0 Å². The number of alkyl halides is 3. The summed E-state index contributed by atoms with van der Waals surface area (Å²) in [5.41, 5.74) is 5.45. The summed E-state index contributed by atoms with van der Waals surface area (Å²) in [5, 5.41) is 2.80. The molecular weight excluding hydrogens is 257 g/mol. The minimum absolute atomic E-state index is 0.0872. The van der Waals surface area contributed by atoms with E-state index in [1.54, 1.807) is 0 Å². The summed E-state index contributed by atoms with van der Waals surface area (Å²) in [4.78, 5) is 11.6. The third kappa shape index (κ3) is 3.70. The Morgan fingerprint density at radius 2 is 1.84 bits per heavy atom. The predicted octanol–water partition coefficient (Wildman–Crippen LogP) is 1.85. The van der Waals surface area contributed by atoms with E-state index < -0.39 is 11.7 Å². The van der Waals surface area contributed by atoms with Crippen molar-refractivity contribution in [3.8, 4) is 0 Å². The number of benzene rings is 1. The molecule has 104 valence electrons. The van der Waals surface area contributed by atoms with Gasteiger partial charge < -0.3 is 11.1 Å². The van der Waals surface area contributed by atoms with Crippen LogP contribution < -0.4 is 11.1 Å². The van der Waals surface area contributed by atoms with Gasteiger partial charge in [-0.25, -0.2) is 0 Å². The second kappa shape index (κ2) is 5.21. The molecule has 3 N–H and O–H groups in total. The summed E-state index contributed by atoms with van der Waals surface area (Å²) in [6.07, 6.45) is -2.73. The van der Waals surface area contributed by atoms with Gasteiger partial charge >= 0.3 is 6.18 Å². The van der Waals surface area contributed by atoms with Crippen LogP contribution in [-0.2, 0) is 17.4 Å². The largest absolute Gasteiger partial charge is 0.416 e. The lowest BCUT2D eigenvalue weighted by atomic mass is 9.87. The molecule has 1 aromatic rings. The average Bonchev–Trinajstić information content (AvgIpc) is 2.26. The maximum atomic E-state index is 12.4. The Morgan fingerprint density at radius 1 is 1.26 bits per heavy atom. The highest BCUT2D eigenvalue weighted by Crippen LogP contribution is 2.29. The van der Waals surface area contributed by atoms with Gasteiger partial charge in [0.15, 0.2) is 0 Å². The van der Waals surface area contributed by atoms with Crippen LogP contribution in [0, 0.1) is 0 Å². The standard InChI is InChI=1S/C13H15F3N2O/c14-13(15,16)9-3-1-8(2-4-9)5-12(19)18-11-6-10(17)7-11/h1-4,10-11H,5-7,17H2,(H,18,19). The molecule has 0 aliphatic heterocycles. The highest BCUT2D eigenvalue weighted by molar-refractivity contribution is 5.79. The fourth-order valence-corrected chi connectivity index (χ4v) is 2.06. The molecule has 6 heteroatoms. The van der Waals surface area contributed by atoms with Crippen molar-refractivity contribution in [1.29, 1.82) is 0 Å². The topological polar surface area (TPSA) is 55.1 Å². The number of hydrogen-bond donors (Lipinski definition) is 2. The van der Waals surface area contributed by atoms with Gasteiger partial charge in [0.25, 0.3) is 0 Å². The van der Waals surface area contributed by atoms with Crippen molar-refractivity contribution in [2.75, 3.05) is 0 Å². The van der Waals surface area contributed by atoms with Crippen molar-refractivity contribution in [2.24, 2.45) is 5.73 Å². The molecule has 3 nitrogen and oxygen atoms in total. The summed E-state index contributed by atoms with van der Waals surface area (Å²) in [7, 11) is 0. The lowest BCUT2D eigenvalue weighted by Gasteiger charge is -2.32. The molecule has 1 aromatic carbocycles. The number of hydrogen-bond acceptors (Lipinski definition) is 2. The van der Waals surface area contributed by atoms with Crippen molar-refractivity contribution in [2.45, 2.75) is 37.5 Å². The molecule has 0 saturated heterocycles. The van der Waals surface area contributed by atoms with E-state index in [0.29, 0.717) is 5.56 Å². The van der Waals surface area contributed by atoms with E-state index in [-0.39, 0.29) is 24.4 Å². The Labute approximate surface area is 109 Å². The van der Waals surface area contributed by atoms with Gasteiger partial charge in [-0.05, 0) is 30.5 Å².